The molecule has 2 atom stereocenters. The van der Waals surface area contributed by atoms with E-state index < -0.39 is 0 Å². The molecule has 1 radical (unpaired) electrons. The van der Waals surface area contributed by atoms with Gasteiger partial charge in [-0.1, -0.05) is 0 Å². The number of benzene rings is 1. The zero-order valence-electron chi connectivity index (χ0n) is 15.3. The largest absolute Gasteiger partial charge is 0.361 e. The smallest absolute Gasteiger partial charge is 0.125 e. The monoisotopic (exact) mass is 355 g/mol. The first-order chi connectivity index (χ1) is 12.8. The van der Waals surface area contributed by atoms with Crippen molar-refractivity contribution >= 4 is 10.9 Å². The molecule has 3 heterocycles. The van der Waals surface area contributed by atoms with E-state index in [2.05, 4.69) is 21.0 Å². The Hall–Kier alpha value is -1.43. The Morgan fingerprint density at radius 2 is 1.96 bits per heavy atom. The number of hydrogen-bond donors (Lipinski definition) is 1. The zero-order valence-corrected chi connectivity index (χ0v) is 15.3. The topological polar surface area (TPSA) is 36.4 Å². The Labute approximate surface area is 154 Å². The van der Waals surface area contributed by atoms with E-state index in [0.717, 1.165) is 43.9 Å². The van der Waals surface area contributed by atoms with Crippen molar-refractivity contribution in [2.45, 2.75) is 37.8 Å². The number of piperidine rings is 1. The van der Waals surface area contributed by atoms with Crippen LogP contribution >= 0.6 is 0 Å². The highest BCUT2D eigenvalue weighted by Gasteiger charge is 2.32. The minimum atomic E-state index is -0.175. The molecule has 1 aromatic heterocycles. The standard InChI is InChI=1S/C21H28FN4/c22-17-3-4-18-19(13-24-20(18)12-17)16-5-6-23-21(11-16)26-9-7-25(8-10-26)14-15-1-2-15/h3-4,12-13,15-16,21,24H,1-2,5-11,14H2/t16?,21-/m1/s1. The molecule has 4 nitrogen and oxygen atoms in total. The summed E-state index contributed by atoms with van der Waals surface area (Å²) in [6.45, 7) is 6.92. The lowest BCUT2D eigenvalue weighted by Crippen LogP contribution is -2.54. The molecule has 0 spiro atoms. The summed E-state index contributed by atoms with van der Waals surface area (Å²) in [4.78, 5) is 8.49. The summed E-state index contributed by atoms with van der Waals surface area (Å²) < 4.78 is 13.5. The van der Waals surface area contributed by atoms with E-state index in [-0.39, 0.29) is 5.82 Å². The summed E-state index contributed by atoms with van der Waals surface area (Å²) >= 11 is 0. The number of nitrogens with one attached hydrogen (secondary N) is 1. The van der Waals surface area contributed by atoms with Crippen LogP contribution in [0.3, 0.4) is 0 Å². The molecular weight excluding hydrogens is 327 g/mol. The maximum atomic E-state index is 13.5. The van der Waals surface area contributed by atoms with Gasteiger partial charge in [-0.3, -0.25) is 4.90 Å². The van der Waals surface area contributed by atoms with Crippen LogP contribution in [0, 0.1) is 11.7 Å². The Morgan fingerprint density at radius 3 is 2.77 bits per heavy atom. The van der Waals surface area contributed by atoms with Gasteiger partial charge < -0.3 is 9.88 Å². The Kier molecular flexibility index (Phi) is 4.47. The van der Waals surface area contributed by atoms with Gasteiger partial charge in [0.2, 0.25) is 0 Å². The number of rotatable bonds is 4. The molecule has 5 rings (SSSR count). The number of piperazine rings is 1. The minimum Gasteiger partial charge on any atom is -0.361 e. The molecular formula is C21H28FN4. The van der Waals surface area contributed by atoms with Gasteiger partial charge in [-0.25, -0.2) is 9.71 Å². The molecule has 1 saturated carbocycles. The third kappa shape index (κ3) is 3.40. The van der Waals surface area contributed by atoms with Crippen molar-refractivity contribution < 1.29 is 4.39 Å². The van der Waals surface area contributed by atoms with E-state index in [1.165, 1.54) is 43.4 Å². The third-order valence-electron chi connectivity index (χ3n) is 6.47. The second kappa shape index (κ2) is 6.95. The lowest BCUT2D eigenvalue weighted by Gasteiger charge is -2.42. The second-order valence-electron chi connectivity index (χ2n) is 8.32. The molecule has 2 aromatic rings. The predicted molar refractivity (Wildman–Crippen MR) is 102 cm³/mol. The molecule has 3 aliphatic rings. The number of H-pyrrole nitrogens is 1. The molecule has 26 heavy (non-hydrogen) atoms. The maximum Gasteiger partial charge on any atom is 0.125 e. The van der Waals surface area contributed by atoms with Crippen LogP contribution < -0.4 is 5.32 Å². The normalized spacial score (nSPS) is 28.7. The first kappa shape index (κ1) is 16.7. The number of aromatic amines is 1. The van der Waals surface area contributed by atoms with E-state index in [0.29, 0.717) is 12.1 Å². The summed E-state index contributed by atoms with van der Waals surface area (Å²) in [5.41, 5.74) is 2.25. The van der Waals surface area contributed by atoms with Crippen LogP contribution in [-0.4, -0.2) is 60.2 Å². The van der Waals surface area contributed by atoms with E-state index in [9.17, 15) is 4.39 Å². The van der Waals surface area contributed by atoms with Crippen molar-refractivity contribution in [3.05, 3.63) is 35.8 Å². The molecule has 139 valence electrons. The molecule has 0 amide bonds. The minimum absolute atomic E-state index is 0.175. The fourth-order valence-electron chi connectivity index (χ4n) is 4.74. The number of fused-ring (bicyclic) bond motifs is 1. The highest BCUT2D eigenvalue weighted by Crippen LogP contribution is 2.35. The van der Waals surface area contributed by atoms with Crippen molar-refractivity contribution in [1.82, 2.24) is 20.1 Å². The van der Waals surface area contributed by atoms with Crippen molar-refractivity contribution in [3.63, 3.8) is 0 Å². The summed E-state index contributed by atoms with van der Waals surface area (Å²) in [5, 5.41) is 6.12. The number of aromatic nitrogens is 1. The molecule has 1 unspecified atom stereocenters. The van der Waals surface area contributed by atoms with Crippen LogP contribution in [0.4, 0.5) is 4.39 Å². The number of hydrogen-bond acceptors (Lipinski definition) is 2. The van der Waals surface area contributed by atoms with Gasteiger partial charge in [0.15, 0.2) is 0 Å². The van der Waals surface area contributed by atoms with Gasteiger partial charge in [0.1, 0.15) is 5.82 Å². The van der Waals surface area contributed by atoms with Crippen molar-refractivity contribution in [2.24, 2.45) is 5.92 Å². The first-order valence-corrected chi connectivity index (χ1v) is 10.2. The van der Waals surface area contributed by atoms with Crippen LogP contribution in [0.5, 0.6) is 0 Å². The van der Waals surface area contributed by atoms with Crippen LogP contribution in [0.2, 0.25) is 0 Å². The van der Waals surface area contributed by atoms with Crippen molar-refractivity contribution in [2.75, 3.05) is 39.3 Å². The zero-order chi connectivity index (χ0) is 17.5. The van der Waals surface area contributed by atoms with Gasteiger partial charge in [0, 0.05) is 56.4 Å². The van der Waals surface area contributed by atoms with E-state index >= 15 is 0 Å². The number of nitrogens with zero attached hydrogens (tertiary/aromatic N) is 3. The van der Waals surface area contributed by atoms with Gasteiger partial charge in [0.25, 0.3) is 0 Å². The summed E-state index contributed by atoms with van der Waals surface area (Å²) in [5.74, 6) is 1.32. The molecule has 5 heteroatoms. The molecule has 0 bridgehead atoms. The van der Waals surface area contributed by atoms with Gasteiger partial charge >= 0.3 is 0 Å². The lowest BCUT2D eigenvalue weighted by atomic mass is 9.88. The molecule has 3 fully saturated rings. The molecule has 2 saturated heterocycles. The Balaban J connectivity index is 1.24. The van der Waals surface area contributed by atoms with Gasteiger partial charge in [-0.05, 0) is 61.3 Å². The number of halogens is 1. The molecule has 1 aromatic carbocycles. The molecule has 1 N–H and O–H groups in total. The van der Waals surface area contributed by atoms with Crippen LogP contribution in [0.1, 0.15) is 37.2 Å². The van der Waals surface area contributed by atoms with Crippen molar-refractivity contribution in [3.8, 4) is 0 Å². The lowest BCUT2D eigenvalue weighted by molar-refractivity contribution is 0.0601. The Morgan fingerprint density at radius 1 is 1.12 bits per heavy atom. The third-order valence-corrected chi connectivity index (χ3v) is 6.47. The SMILES string of the molecule is Fc1ccc2c(C3CC[N][C@H](N4CCN(CC5CC5)CC4)C3)c[nH]c2c1. The maximum absolute atomic E-state index is 13.5. The Bertz CT molecular complexity index is 760. The highest BCUT2D eigenvalue weighted by atomic mass is 19.1. The van der Waals surface area contributed by atoms with Gasteiger partial charge in [-0.2, -0.15) is 0 Å². The molecule has 2 aliphatic heterocycles. The second-order valence-corrected chi connectivity index (χ2v) is 8.32. The predicted octanol–water partition coefficient (Wildman–Crippen LogP) is 3.14. The summed E-state index contributed by atoms with van der Waals surface area (Å²) in [6.07, 6.45) is 7.50. The van der Waals surface area contributed by atoms with E-state index in [1.54, 1.807) is 12.1 Å². The van der Waals surface area contributed by atoms with Gasteiger partial charge in [0.05, 0.1) is 6.17 Å². The highest BCUT2D eigenvalue weighted by molar-refractivity contribution is 5.83. The fraction of sp³-hybridized carbons (Fsp3) is 0.619. The first-order valence-electron chi connectivity index (χ1n) is 10.2. The quantitative estimate of drug-likeness (QED) is 0.915. The van der Waals surface area contributed by atoms with Gasteiger partial charge in [-0.15, -0.1) is 0 Å². The summed E-state index contributed by atoms with van der Waals surface area (Å²) in [7, 11) is 0. The fourth-order valence-corrected chi connectivity index (χ4v) is 4.74. The van der Waals surface area contributed by atoms with E-state index in [4.69, 9.17) is 5.32 Å². The average molecular weight is 355 g/mol. The van der Waals surface area contributed by atoms with Crippen molar-refractivity contribution in [1.29, 1.82) is 0 Å². The summed E-state index contributed by atoms with van der Waals surface area (Å²) in [6, 6.07) is 5.10. The average Bonchev–Trinajstić information content (AvgIpc) is 3.39. The molecule has 1 aliphatic carbocycles. The van der Waals surface area contributed by atoms with E-state index in [1.807, 2.05) is 6.07 Å². The van der Waals surface area contributed by atoms with Crippen LogP contribution in [-0.2, 0) is 0 Å². The van der Waals surface area contributed by atoms with Crippen LogP contribution in [0.15, 0.2) is 24.4 Å². The van der Waals surface area contributed by atoms with Crippen LogP contribution in [0.25, 0.3) is 10.9 Å².